The Morgan fingerprint density at radius 1 is 1.39 bits per heavy atom. The Hall–Kier alpha value is -1.40. The number of aromatic nitrogens is 2. The number of carbonyl (C=O) groups is 1. The van der Waals surface area contributed by atoms with Crippen LogP contribution in [-0.4, -0.2) is 33.4 Å². The number of carbonyl (C=O) groups excluding carboxylic acids is 1. The summed E-state index contributed by atoms with van der Waals surface area (Å²) in [5, 5.41) is 17.1. The Kier molecular flexibility index (Phi) is 6.59. The number of nitrogens with one attached hydrogen (secondary N) is 1. The van der Waals surface area contributed by atoms with E-state index in [0.717, 1.165) is 17.0 Å². The molecule has 2 rings (SSSR count). The highest BCUT2D eigenvalue weighted by Crippen LogP contribution is 2.28. The highest BCUT2D eigenvalue weighted by molar-refractivity contribution is 5.74. The molecule has 0 saturated heterocycles. The molecule has 1 saturated carbocycles. The van der Waals surface area contributed by atoms with E-state index in [1.165, 1.54) is 32.1 Å². The number of hydrogen-bond donors (Lipinski definition) is 3. The zero-order chi connectivity index (χ0) is 16.8. The van der Waals surface area contributed by atoms with Crippen molar-refractivity contribution in [2.45, 2.75) is 71.5 Å². The van der Waals surface area contributed by atoms with Crippen molar-refractivity contribution in [1.82, 2.24) is 15.1 Å². The first-order valence-corrected chi connectivity index (χ1v) is 8.68. The van der Waals surface area contributed by atoms with Crippen molar-refractivity contribution in [3.63, 3.8) is 0 Å². The number of nitrogens with two attached hydrogens (primary N) is 1. The maximum absolute atomic E-state index is 11.4. The van der Waals surface area contributed by atoms with Gasteiger partial charge in [-0.15, -0.1) is 0 Å². The second-order valence-corrected chi connectivity index (χ2v) is 6.65. The molecule has 6 nitrogen and oxygen atoms in total. The second-order valence-electron chi connectivity index (χ2n) is 6.65. The van der Waals surface area contributed by atoms with Crippen LogP contribution in [0, 0.1) is 19.8 Å². The van der Waals surface area contributed by atoms with Crippen LogP contribution >= 0.6 is 0 Å². The van der Waals surface area contributed by atoms with Gasteiger partial charge in [0.2, 0.25) is 5.91 Å². The van der Waals surface area contributed by atoms with Crippen LogP contribution in [0.2, 0.25) is 0 Å². The SMILES string of the molecule is Cc1nn(CCO)c(C)c1CNC(CC(N)=O)C1CCCCC1. The van der Waals surface area contributed by atoms with E-state index < -0.39 is 0 Å². The van der Waals surface area contributed by atoms with Gasteiger partial charge in [-0.1, -0.05) is 19.3 Å². The van der Waals surface area contributed by atoms with Crippen molar-refractivity contribution in [3.8, 4) is 0 Å². The van der Waals surface area contributed by atoms with Crippen molar-refractivity contribution < 1.29 is 9.90 Å². The highest BCUT2D eigenvalue weighted by Gasteiger charge is 2.25. The Morgan fingerprint density at radius 3 is 2.70 bits per heavy atom. The molecule has 1 aromatic rings. The first-order chi connectivity index (χ1) is 11.0. The third-order valence-electron chi connectivity index (χ3n) is 5.02. The zero-order valence-corrected chi connectivity index (χ0v) is 14.3. The minimum Gasteiger partial charge on any atom is -0.394 e. The summed E-state index contributed by atoms with van der Waals surface area (Å²) < 4.78 is 1.84. The number of rotatable bonds is 8. The van der Waals surface area contributed by atoms with Crippen LogP contribution in [0.3, 0.4) is 0 Å². The lowest BCUT2D eigenvalue weighted by atomic mass is 9.82. The summed E-state index contributed by atoms with van der Waals surface area (Å²) in [7, 11) is 0. The molecule has 0 aromatic carbocycles. The Bertz CT molecular complexity index is 521. The third-order valence-corrected chi connectivity index (χ3v) is 5.02. The Labute approximate surface area is 138 Å². The van der Waals surface area contributed by atoms with Gasteiger partial charge in [0.25, 0.3) is 0 Å². The van der Waals surface area contributed by atoms with E-state index >= 15 is 0 Å². The van der Waals surface area contributed by atoms with Gasteiger partial charge < -0.3 is 16.2 Å². The lowest BCUT2D eigenvalue weighted by Crippen LogP contribution is -2.40. The summed E-state index contributed by atoms with van der Waals surface area (Å²) in [5.74, 6) is 0.293. The first-order valence-electron chi connectivity index (χ1n) is 8.68. The molecule has 130 valence electrons. The maximum Gasteiger partial charge on any atom is 0.218 e. The number of hydrogen-bond acceptors (Lipinski definition) is 4. The number of aliphatic hydroxyl groups is 1. The van der Waals surface area contributed by atoms with Crippen LogP contribution in [0.5, 0.6) is 0 Å². The number of amides is 1. The van der Waals surface area contributed by atoms with Gasteiger partial charge in [0.15, 0.2) is 0 Å². The molecule has 1 aromatic heterocycles. The molecule has 4 N–H and O–H groups in total. The van der Waals surface area contributed by atoms with E-state index in [1.54, 1.807) is 0 Å². The minimum absolute atomic E-state index is 0.0845. The minimum atomic E-state index is -0.238. The van der Waals surface area contributed by atoms with Crippen molar-refractivity contribution in [2.75, 3.05) is 6.61 Å². The van der Waals surface area contributed by atoms with Crippen LogP contribution in [0.25, 0.3) is 0 Å². The molecule has 1 unspecified atom stereocenters. The zero-order valence-electron chi connectivity index (χ0n) is 14.3. The molecule has 0 aliphatic heterocycles. The lowest BCUT2D eigenvalue weighted by molar-refractivity contribution is -0.118. The topological polar surface area (TPSA) is 93.2 Å². The van der Waals surface area contributed by atoms with Crippen LogP contribution in [-0.2, 0) is 17.9 Å². The first kappa shape index (κ1) is 17.9. The number of nitrogens with zero attached hydrogens (tertiary/aromatic N) is 2. The monoisotopic (exact) mass is 322 g/mol. The van der Waals surface area contributed by atoms with Gasteiger partial charge in [0, 0.05) is 30.3 Å². The largest absolute Gasteiger partial charge is 0.394 e. The fraction of sp³-hybridized carbons (Fsp3) is 0.765. The molecule has 1 aliphatic rings. The molecule has 6 heteroatoms. The molecule has 23 heavy (non-hydrogen) atoms. The molecule has 1 aliphatic carbocycles. The van der Waals surface area contributed by atoms with Crippen LogP contribution in [0.1, 0.15) is 55.5 Å². The number of primary amides is 1. The van der Waals surface area contributed by atoms with E-state index in [4.69, 9.17) is 10.8 Å². The quantitative estimate of drug-likeness (QED) is 0.674. The summed E-state index contributed by atoms with van der Waals surface area (Å²) in [5.41, 5.74) is 8.66. The van der Waals surface area contributed by atoms with Crippen molar-refractivity contribution >= 4 is 5.91 Å². The molecule has 0 bridgehead atoms. The van der Waals surface area contributed by atoms with Crippen molar-refractivity contribution in [1.29, 1.82) is 0 Å². The predicted octanol–water partition coefficient (Wildman–Crippen LogP) is 1.41. The normalized spacial score (nSPS) is 17.3. The fourth-order valence-electron chi connectivity index (χ4n) is 3.69. The Balaban J connectivity index is 2.04. The van der Waals surface area contributed by atoms with Crippen molar-refractivity contribution in [2.24, 2.45) is 11.7 Å². The summed E-state index contributed by atoms with van der Waals surface area (Å²) in [6.45, 7) is 5.30. The third kappa shape index (κ3) is 4.78. The van der Waals surface area contributed by atoms with Crippen LogP contribution in [0.4, 0.5) is 0 Å². The molecular formula is C17H30N4O2. The fourth-order valence-corrected chi connectivity index (χ4v) is 3.69. The summed E-state index contributed by atoms with van der Waals surface area (Å²) in [6.07, 6.45) is 6.53. The molecule has 0 spiro atoms. The van der Waals surface area contributed by atoms with E-state index in [2.05, 4.69) is 10.4 Å². The van der Waals surface area contributed by atoms with Gasteiger partial charge in [0.1, 0.15) is 0 Å². The van der Waals surface area contributed by atoms with Gasteiger partial charge in [-0.05, 0) is 32.6 Å². The summed E-state index contributed by atoms with van der Waals surface area (Å²) in [4.78, 5) is 11.4. The van der Waals surface area contributed by atoms with E-state index in [-0.39, 0.29) is 18.6 Å². The average Bonchev–Trinajstić information content (AvgIpc) is 2.79. The summed E-state index contributed by atoms with van der Waals surface area (Å²) in [6, 6.07) is 0.146. The second kappa shape index (κ2) is 8.45. The lowest BCUT2D eigenvalue weighted by Gasteiger charge is -2.30. The number of aliphatic hydroxyl groups excluding tert-OH is 1. The van der Waals surface area contributed by atoms with E-state index in [0.29, 0.717) is 25.4 Å². The van der Waals surface area contributed by atoms with Gasteiger partial charge in [-0.3, -0.25) is 9.48 Å². The Morgan fingerprint density at radius 2 is 2.09 bits per heavy atom. The van der Waals surface area contributed by atoms with Crippen LogP contribution < -0.4 is 11.1 Å². The predicted molar refractivity (Wildman–Crippen MR) is 89.8 cm³/mol. The molecule has 1 atom stereocenters. The molecule has 1 amide bonds. The standard InChI is InChI=1S/C17H30N4O2/c1-12-15(13(2)21(20-12)8-9-22)11-19-16(10-17(18)23)14-6-4-3-5-7-14/h14,16,19,22H,3-11H2,1-2H3,(H2,18,23). The molecule has 1 heterocycles. The van der Waals surface area contributed by atoms with Gasteiger partial charge in [-0.25, -0.2) is 0 Å². The average molecular weight is 322 g/mol. The van der Waals surface area contributed by atoms with Crippen LogP contribution in [0.15, 0.2) is 0 Å². The highest BCUT2D eigenvalue weighted by atomic mass is 16.3. The van der Waals surface area contributed by atoms with Gasteiger partial charge in [0.05, 0.1) is 18.8 Å². The molecular weight excluding hydrogens is 292 g/mol. The smallest absolute Gasteiger partial charge is 0.218 e. The van der Waals surface area contributed by atoms with E-state index in [1.807, 2.05) is 18.5 Å². The van der Waals surface area contributed by atoms with Gasteiger partial charge >= 0.3 is 0 Å². The molecule has 1 fully saturated rings. The van der Waals surface area contributed by atoms with Crippen molar-refractivity contribution in [3.05, 3.63) is 17.0 Å². The summed E-state index contributed by atoms with van der Waals surface area (Å²) >= 11 is 0. The van der Waals surface area contributed by atoms with E-state index in [9.17, 15) is 4.79 Å². The number of aryl methyl sites for hydroxylation is 1. The molecule has 0 radical (unpaired) electrons. The van der Waals surface area contributed by atoms with Gasteiger partial charge in [-0.2, -0.15) is 5.10 Å². The maximum atomic E-state index is 11.4.